The Morgan fingerprint density at radius 1 is 0.460 bits per heavy atom. The van der Waals surface area contributed by atoms with E-state index in [-0.39, 0.29) is 94.9 Å². The lowest BCUT2D eigenvalue weighted by Crippen LogP contribution is -2.38. The van der Waals surface area contributed by atoms with Crippen LogP contribution >= 0.6 is 126 Å². The molecule has 10 N–H and O–H groups in total. The molecule has 0 unspecified atom stereocenters. The molecule has 6 rings (SSSR count). The van der Waals surface area contributed by atoms with Crippen LogP contribution in [0.4, 0.5) is 34.1 Å². The SMILES string of the molecule is CC(C)(C)OC(=O)C[C@H](CI)N[B]C=O.CCc1ccc(N(CCCl)CCCl)cc1C[C@@H](CC(=O)OC(C)(C)C)N[B]C=O.CCc1ccc(N(CCCl)CCCl)cc1C[C@H](N)CC(=O)O.CCc1ccc(N)cc1C[C@@H](CC(=O)OC(C)(C)C)N[B]C=O.CCc1ccc(N)cc1I.CCc1ccc([N+](=O)[O-])cc1.CCc1ccc([N+](=O)[O-])cc1I.O=CCCl. The number of halogens is 8. The molecular formula is C89H128B3Cl5I3N10O16. The van der Waals surface area contributed by atoms with Crippen molar-refractivity contribution in [1.29, 1.82) is 0 Å². The topological polar surface area (TPSA) is 391 Å². The van der Waals surface area contributed by atoms with Crippen LogP contribution in [0.1, 0.15) is 180 Å². The van der Waals surface area contributed by atoms with Gasteiger partial charge >= 0.3 is 23.9 Å². The summed E-state index contributed by atoms with van der Waals surface area (Å²) in [5, 5.41) is 38.3. The summed E-state index contributed by atoms with van der Waals surface area (Å²) >= 11 is 35.0. The van der Waals surface area contributed by atoms with Crippen LogP contribution in [0, 0.1) is 27.4 Å². The van der Waals surface area contributed by atoms with Crippen molar-refractivity contribution < 1.29 is 67.5 Å². The van der Waals surface area contributed by atoms with Crippen LogP contribution in [0.25, 0.3) is 0 Å². The Balaban J connectivity index is 0. The number of carboxylic acids is 1. The molecule has 4 atom stereocenters. The Morgan fingerprint density at radius 3 is 1.09 bits per heavy atom. The number of aliphatic carboxylic acids is 1. The number of nitrogens with zero attached hydrogens (tertiary/aromatic N) is 4. The summed E-state index contributed by atoms with van der Waals surface area (Å²) in [6.45, 7) is 31.8. The first-order valence-electron chi connectivity index (χ1n) is 41.2. The molecule has 0 saturated carbocycles. The van der Waals surface area contributed by atoms with Gasteiger partial charge in [0.05, 0.1) is 60.0 Å². The average molecular weight is 2180 g/mol. The van der Waals surface area contributed by atoms with E-state index in [4.69, 9.17) is 99.3 Å². The van der Waals surface area contributed by atoms with Crippen LogP contribution < -0.4 is 42.7 Å². The maximum atomic E-state index is 12.3. The van der Waals surface area contributed by atoms with Gasteiger partial charge in [-0.05, 0) is 264 Å². The predicted molar refractivity (Wildman–Crippen MR) is 546 cm³/mol. The number of rotatable bonds is 43. The summed E-state index contributed by atoms with van der Waals surface area (Å²) in [6, 6.07) is 35.0. The molecule has 0 aliphatic heterocycles. The second kappa shape index (κ2) is 69.5. The van der Waals surface area contributed by atoms with Gasteiger partial charge in [-0.2, -0.15) is 0 Å². The smallest absolute Gasteiger partial charge is 0.307 e. The van der Waals surface area contributed by atoms with Crippen molar-refractivity contribution in [2.45, 2.75) is 228 Å². The summed E-state index contributed by atoms with van der Waals surface area (Å²) in [5.41, 5.74) is 30.3. The van der Waals surface area contributed by atoms with E-state index in [1.807, 2.05) is 106 Å². The van der Waals surface area contributed by atoms with Gasteiger partial charge in [0, 0.05) is 132 Å². The van der Waals surface area contributed by atoms with Gasteiger partial charge in [0.2, 0.25) is 0 Å². The zero-order valence-corrected chi connectivity index (χ0v) is 85.5. The fraction of sp³-hybridized carbons (Fsp3) is 0.506. The molecule has 0 aliphatic carbocycles. The van der Waals surface area contributed by atoms with Gasteiger partial charge in [0.25, 0.3) is 33.6 Å². The third-order valence-corrected chi connectivity index (χ3v) is 21.2. The standard InChI is InChI=1S/C21H32BCl2N2O3.C17H26BN2O3.C16H24Cl2N2O2.C9H16BINO3.C8H8INO2.C8H10IN.C8H9NO2.C2H3ClO/c1-5-16-6-7-19(26(10-8-23)11-9-24)13-17(16)12-18(25-22-15-27)14-20(28)29-21(2,3)4;1-5-12-6-7-14(19)8-13(12)9-15(20-18-11-21)10-16(22)23-17(2,3)4;1-2-12-3-4-15(20(7-5-17)8-6-18)10-13(12)9-14(19)11-16(21)22;1-9(2,3)15-8(14)4-7(5-11)12-10-6-13;1-2-6-3-4-7(10(11)12)5-8(6)9;1-2-6-3-4-7(10)5-8(6)9;1-2-7-3-5-8(6-4-7)9(10)11;3-1-2-4/h6-7,13,15,18,25H,5,8-12,14H2,1-4H3;6-8,11,15,20H,5,9-10,19H2,1-4H3;3-4,10,14H,2,5-9,11,19H2,1H3,(H,21,22);6-7,12H,4-5H2,1-3H3;3-5H,2H2,1H3;3-5H,2,10H2,1H3;3-6H,2H2,1H3;2H,1H2/t18-;15-;14-;7-;;;;/m0001..../s1. The summed E-state index contributed by atoms with van der Waals surface area (Å²) in [6.07, 6.45) is 10.5. The molecule has 0 saturated heterocycles. The lowest BCUT2D eigenvalue weighted by Gasteiger charge is -2.26. The molecule has 126 heavy (non-hydrogen) atoms. The number of esters is 3. The maximum absolute atomic E-state index is 12.3. The first kappa shape index (κ1) is 122. The normalized spacial score (nSPS) is 11.6. The first-order valence-corrected chi connectivity index (χ1v) is 47.6. The zero-order chi connectivity index (χ0) is 96.1. The van der Waals surface area contributed by atoms with Crippen molar-refractivity contribution >= 4 is 231 Å². The van der Waals surface area contributed by atoms with E-state index in [1.165, 1.54) is 60.2 Å². The van der Waals surface area contributed by atoms with Gasteiger partial charge in [0.15, 0.2) is 0 Å². The minimum atomic E-state index is -0.868. The molecule has 0 fully saturated rings. The number of hydrogen-bond donors (Lipinski definition) is 7. The third kappa shape index (κ3) is 57.6. The number of carbonyl (C=O) groups is 8. The Labute approximate surface area is 814 Å². The second-order valence-electron chi connectivity index (χ2n) is 30.9. The van der Waals surface area contributed by atoms with E-state index >= 15 is 0 Å². The van der Waals surface area contributed by atoms with Gasteiger partial charge < -0.3 is 81.2 Å². The van der Waals surface area contributed by atoms with Crippen molar-refractivity contribution in [2.75, 3.05) is 81.3 Å². The highest BCUT2D eigenvalue weighted by atomic mass is 127. The quantitative estimate of drug-likeness (QED) is 0.00215. The number of anilines is 4. The lowest BCUT2D eigenvalue weighted by molar-refractivity contribution is -0.385. The van der Waals surface area contributed by atoms with E-state index < -0.39 is 22.8 Å². The number of alkyl halides is 6. The van der Waals surface area contributed by atoms with E-state index in [0.29, 0.717) is 86.4 Å². The van der Waals surface area contributed by atoms with Crippen LogP contribution in [0.3, 0.4) is 0 Å². The molecule has 695 valence electrons. The van der Waals surface area contributed by atoms with E-state index in [2.05, 4.69) is 163 Å². The average Bonchev–Trinajstić information content (AvgIpc) is 0.841. The molecule has 3 radical (unpaired) electrons. The van der Waals surface area contributed by atoms with Crippen molar-refractivity contribution in [3.63, 3.8) is 0 Å². The Morgan fingerprint density at radius 2 is 0.778 bits per heavy atom. The van der Waals surface area contributed by atoms with Crippen molar-refractivity contribution in [3.05, 3.63) is 193 Å². The highest BCUT2D eigenvalue weighted by molar-refractivity contribution is 14.1. The largest absolute Gasteiger partial charge is 0.481 e. The number of aldehydes is 1. The number of nitrogens with one attached hydrogen (secondary N) is 3. The number of nitro groups is 2. The molecule has 0 aliphatic rings. The molecule has 6 aromatic rings. The van der Waals surface area contributed by atoms with Gasteiger partial charge in [-0.3, -0.25) is 39.4 Å². The summed E-state index contributed by atoms with van der Waals surface area (Å²) in [5.74, 6) is 0.479. The van der Waals surface area contributed by atoms with E-state index in [1.54, 1.807) is 30.3 Å². The third-order valence-electron chi connectivity index (χ3n) is 17.3. The predicted octanol–water partition coefficient (Wildman–Crippen LogP) is 17.0. The maximum Gasteiger partial charge on any atom is 0.307 e. The molecule has 6 aromatic carbocycles. The number of carbonyl (C=O) groups excluding carboxylic acids is 7. The lowest BCUT2D eigenvalue weighted by atomic mass is 9.90. The zero-order valence-electron chi connectivity index (χ0n) is 75.2. The number of non-ortho nitro benzene ring substituents is 2. The Kier molecular flexibility index (Phi) is 67.1. The Hall–Kier alpha value is -6.45. The van der Waals surface area contributed by atoms with Gasteiger partial charge in [0.1, 0.15) is 23.1 Å². The van der Waals surface area contributed by atoms with Crippen molar-refractivity contribution in [1.82, 2.24) is 15.7 Å². The number of benzene rings is 6. The number of nitro benzene ring substituents is 2. The van der Waals surface area contributed by atoms with Crippen LogP contribution in [-0.4, -0.2) is 187 Å². The van der Waals surface area contributed by atoms with Crippen molar-refractivity contribution in [2.24, 2.45) is 5.73 Å². The molecular weight excluding hydrogens is 2060 g/mol. The number of nitrogen functional groups attached to an aromatic ring is 2. The molecule has 0 amide bonds. The minimum absolute atomic E-state index is 0.0273. The van der Waals surface area contributed by atoms with Gasteiger partial charge in [-0.1, -0.05) is 107 Å². The highest BCUT2D eigenvalue weighted by Gasteiger charge is 2.26. The van der Waals surface area contributed by atoms with Crippen LogP contribution in [-0.2, 0) is 110 Å². The number of carboxylic acid groups (broad SMARTS) is 1. The van der Waals surface area contributed by atoms with Gasteiger partial charge in [-0.15, -0.1) is 58.0 Å². The fourth-order valence-electron chi connectivity index (χ4n) is 11.6. The van der Waals surface area contributed by atoms with Crippen LogP contribution in [0.2, 0.25) is 0 Å². The Bertz CT molecular complexity index is 4190. The number of nitrogens with two attached hydrogens (primary N) is 3. The minimum Gasteiger partial charge on any atom is -0.481 e. The monoisotopic (exact) mass is 2180 g/mol. The summed E-state index contributed by atoms with van der Waals surface area (Å²) in [7, 11) is 3.94. The molecule has 26 nitrogen and oxygen atoms in total. The van der Waals surface area contributed by atoms with Crippen LogP contribution in [0.15, 0.2) is 115 Å². The molecule has 0 heterocycles. The first-order chi connectivity index (χ1) is 59.4. The van der Waals surface area contributed by atoms with Crippen LogP contribution in [0.5, 0.6) is 0 Å². The van der Waals surface area contributed by atoms with E-state index in [9.17, 15) is 53.8 Å². The molecule has 0 bridgehead atoms. The second-order valence-corrected chi connectivity index (χ2v) is 35.9. The van der Waals surface area contributed by atoms with Crippen molar-refractivity contribution in [3.8, 4) is 0 Å². The van der Waals surface area contributed by atoms with Gasteiger partial charge in [-0.25, -0.2) is 0 Å². The fourth-order valence-corrected chi connectivity index (χ4v) is 14.8. The number of aryl methyl sites for hydroxylation is 6. The van der Waals surface area contributed by atoms with E-state index in [0.717, 1.165) is 104 Å². The molecule has 0 aromatic heterocycles. The number of ether oxygens (including phenoxy) is 3. The summed E-state index contributed by atoms with van der Waals surface area (Å²) in [4.78, 5) is 111. The molecule has 0 spiro atoms. The molecule has 37 heteroatoms. The summed E-state index contributed by atoms with van der Waals surface area (Å²) < 4.78 is 18.9. The highest BCUT2D eigenvalue weighted by Crippen LogP contribution is 2.27. The number of hydrogen-bond acceptors (Lipinski definition) is 23.